The molecule has 2 aromatic heterocycles. The average Bonchev–Trinajstić information content (AvgIpc) is 3.55. The molecule has 10 heteroatoms. The average molecular weight is 599 g/mol. The van der Waals surface area contributed by atoms with E-state index in [0.717, 1.165) is 48.3 Å². The molecule has 10 nitrogen and oxygen atoms in total. The molecule has 1 amide bonds. The quantitative estimate of drug-likeness (QED) is 0.145. The molecule has 3 heterocycles. The number of amides is 1. The van der Waals surface area contributed by atoms with Crippen LogP contribution in [0.1, 0.15) is 85.7 Å². The Kier molecular flexibility index (Phi) is 8.04. The number of nitrogens with zero attached hydrogens (tertiary/aromatic N) is 4. The van der Waals surface area contributed by atoms with Crippen molar-refractivity contribution in [2.24, 2.45) is 24.6 Å². The number of carbonyl (C=O) groups is 1. The first kappa shape index (κ1) is 30.3. The molecule has 232 valence electrons. The Balaban J connectivity index is 1.22. The molecule has 6 N–H and O–H groups in total. The van der Waals surface area contributed by atoms with Crippen LogP contribution < -0.4 is 20.9 Å². The van der Waals surface area contributed by atoms with Crippen molar-refractivity contribution in [3.63, 3.8) is 0 Å². The third-order valence-corrected chi connectivity index (χ3v) is 9.86. The number of aryl methyl sites for hydroxylation is 1. The zero-order valence-electron chi connectivity index (χ0n) is 25.9. The zero-order valence-corrected chi connectivity index (χ0v) is 25.9. The van der Waals surface area contributed by atoms with Crippen molar-refractivity contribution in [3.05, 3.63) is 95.0 Å². The first-order valence-electron chi connectivity index (χ1n) is 15.5. The number of aliphatic hydroxyl groups excluding tert-OH is 1. The molecule has 44 heavy (non-hydrogen) atoms. The number of hydrogen-bond donors (Lipinski definition) is 5. The van der Waals surface area contributed by atoms with E-state index in [0.29, 0.717) is 24.7 Å². The largest absolute Gasteiger partial charge is 0.382 e. The summed E-state index contributed by atoms with van der Waals surface area (Å²) in [5.74, 6) is 2.15. The SMILES string of the molecule is C[n+]1cc(C(C)(C)O)n2c1C(CNC(O)c1ccc3c(c1)CC(C)(c1cncnc1NC=O)C3)CC(C1C=CC=CC1)C2N. The minimum absolute atomic E-state index is 0.0781. The van der Waals surface area contributed by atoms with Crippen LogP contribution in [0.2, 0.25) is 0 Å². The molecule has 3 aliphatic rings. The van der Waals surface area contributed by atoms with Crippen LogP contribution in [-0.2, 0) is 35.7 Å². The zero-order chi connectivity index (χ0) is 31.2. The van der Waals surface area contributed by atoms with Crippen molar-refractivity contribution in [2.45, 2.75) is 75.8 Å². The van der Waals surface area contributed by atoms with Crippen LogP contribution in [0.15, 0.2) is 61.2 Å². The number of nitrogens with one attached hydrogen (secondary N) is 2. The Morgan fingerprint density at radius 3 is 2.80 bits per heavy atom. The lowest BCUT2D eigenvalue weighted by atomic mass is 9.76. The lowest BCUT2D eigenvalue weighted by molar-refractivity contribution is -0.681. The number of imidazole rings is 1. The number of fused-ring (bicyclic) bond motifs is 2. The summed E-state index contributed by atoms with van der Waals surface area (Å²) < 4.78 is 4.21. The van der Waals surface area contributed by atoms with E-state index in [4.69, 9.17) is 5.73 Å². The summed E-state index contributed by atoms with van der Waals surface area (Å²) in [7, 11) is 2.01. The van der Waals surface area contributed by atoms with Gasteiger partial charge in [-0.3, -0.25) is 15.8 Å². The third kappa shape index (κ3) is 5.51. The maximum absolute atomic E-state index is 11.4. The second kappa shape index (κ2) is 11.7. The summed E-state index contributed by atoms with van der Waals surface area (Å²) >= 11 is 0. The number of anilines is 1. The van der Waals surface area contributed by atoms with Crippen molar-refractivity contribution in [3.8, 4) is 0 Å². The van der Waals surface area contributed by atoms with Crippen molar-refractivity contribution in [1.29, 1.82) is 0 Å². The molecule has 1 aromatic carbocycles. The van der Waals surface area contributed by atoms with E-state index in [-0.39, 0.29) is 23.4 Å². The fourth-order valence-electron chi connectivity index (χ4n) is 7.70. The van der Waals surface area contributed by atoms with Gasteiger partial charge < -0.3 is 15.5 Å². The Labute approximate surface area is 258 Å². The number of aliphatic hydroxyl groups is 2. The van der Waals surface area contributed by atoms with Gasteiger partial charge in [0.2, 0.25) is 6.41 Å². The Hall–Kier alpha value is -3.70. The van der Waals surface area contributed by atoms with E-state index in [1.54, 1.807) is 20.0 Å². The highest BCUT2D eigenvalue weighted by atomic mass is 16.3. The van der Waals surface area contributed by atoms with Gasteiger partial charge in [0, 0.05) is 29.6 Å². The molecule has 0 fully saturated rings. The van der Waals surface area contributed by atoms with Gasteiger partial charge in [-0.05, 0) is 62.1 Å². The monoisotopic (exact) mass is 598 g/mol. The van der Waals surface area contributed by atoms with Crippen LogP contribution in [0.3, 0.4) is 0 Å². The topological polar surface area (TPSA) is 142 Å². The molecule has 1 aliphatic heterocycles. The molecule has 6 atom stereocenters. The van der Waals surface area contributed by atoms with E-state index in [2.05, 4.69) is 73.1 Å². The Morgan fingerprint density at radius 1 is 1.27 bits per heavy atom. The van der Waals surface area contributed by atoms with Gasteiger partial charge in [0.25, 0.3) is 5.82 Å². The molecule has 2 aliphatic carbocycles. The van der Waals surface area contributed by atoms with Gasteiger partial charge in [-0.25, -0.2) is 19.1 Å². The molecule has 6 unspecified atom stereocenters. The highest BCUT2D eigenvalue weighted by Crippen LogP contribution is 2.44. The maximum atomic E-state index is 11.4. The highest BCUT2D eigenvalue weighted by Gasteiger charge is 2.47. The summed E-state index contributed by atoms with van der Waals surface area (Å²) in [5, 5.41) is 28.6. The Bertz CT molecular complexity index is 1610. The van der Waals surface area contributed by atoms with Crippen molar-refractivity contribution in [2.75, 3.05) is 11.9 Å². The van der Waals surface area contributed by atoms with Gasteiger partial charge >= 0.3 is 0 Å². The maximum Gasteiger partial charge on any atom is 0.262 e. The fourth-order valence-corrected chi connectivity index (χ4v) is 7.70. The minimum atomic E-state index is -1.05. The number of aromatic nitrogens is 4. The molecule has 0 radical (unpaired) electrons. The van der Waals surface area contributed by atoms with E-state index < -0.39 is 11.8 Å². The van der Waals surface area contributed by atoms with Gasteiger partial charge in [-0.1, -0.05) is 49.4 Å². The smallest absolute Gasteiger partial charge is 0.262 e. The highest BCUT2D eigenvalue weighted by molar-refractivity contribution is 5.71. The van der Waals surface area contributed by atoms with E-state index in [9.17, 15) is 15.0 Å². The summed E-state index contributed by atoms with van der Waals surface area (Å²) in [6.45, 7) is 6.32. The van der Waals surface area contributed by atoms with Gasteiger partial charge in [0.05, 0.1) is 13.0 Å². The predicted molar refractivity (Wildman–Crippen MR) is 167 cm³/mol. The fraction of sp³-hybridized carbons (Fsp3) is 0.471. The number of nitrogens with two attached hydrogens (primary N) is 1. The number of allylic oxidation sites excluding steroid dienone is 4. The van der Waals surface area contributed by atoms with Crippen LogP contribution in [0.25, 0.3) is 0 Å². The molecular weight excluding hydrogens is 554 g/mol. The first-order valence-corrected chi connectivity index (χ1v) is 15.5. The van der Waals surface area contributed by atoms with Gasteiger partial charge in [-0.15, -0.1) is 0 Å². The molecular formula is C34H44N7O3+. The van der Waals surface area contributed by atoms with Gasteiger partial charge in [-0.2, -0.15) is 0 Å². The van der Waals surface area contributed by atoms with Crippen LogP contribution in [-0.4, -0.2) is 37.7 Å². The molecule has 6 rings (SSSR count). The summed E-state index contributed by atoms with van der Waals surface area (Å²) in [6, 6.07) is 6.17. The molecule has 0 bridgehead atoms. The van der Waals surface area contributed by atoms with Crippen molar-refractivity contribution < 1.29 is 19.6 Å². The van der Waals surface area contributed by atoms with E-state index in [1.165, 1.54) is 17.5 Å². The van der Waals surface area contributed by atoms with Gasteiger partial charge in [0.1, 0.15) is 30.2 Å². The number of benzene rings is 1. The molecule has 3 aromatic rings. The van der Waals surface area contributed by atoms with Crippen LogP contribution in [0.4, 0.5) is 5.82 Å². The molecule has 0 saturated heterocycles. The lowest BCUT2D eigenvalue weighted by Crippen LogP contribution is -2.47. The lowest BCUT2D eigenvalue weighted by Gasteiger charge is -2.37. The van der Waals surface area contributed by atoms with Crippen LogP contribution in [0, 0.1) is 11.8 Å². The second-order valence-corrected chi connectivity index (χ2v) is 13.5. The van der Waals surface area contributed by atoms with E-state index >= 15 is 0 Å². The van der Waals surface area contributed by atoms with Crippen molar-refractivity contribution >= 4 is 12.2 Å². The third-order valence-electron chi connectivity index (χ3n) is 9.86. The number of hydrogen-bond acceptors (Lipinski definition) is 7. The molecule has 0 saturated carbocycles. The second-order valence-electron chi connectivity index (χ2n) is 13.5. The Morgan fingerprint density at radius 2 is 2.07 bits per heavy atom. The summed E-state index contributed by atoms with van der Waals surface area (Å²) in [6.07, 6.45) is 16.7. The normalized spacial score (nSPS) is 26.7. The summed E-state index contributed by atoms with van der Waals surface area (Å²) in [4.78, 5) is 19.7. The summed E-state index contributed by atoms with van der Waals surface area (Å²) in [5.41, 5.74) is 10.5. The van der Waals surface area contributed by atoms with Crippen molar-refractivity contribution in [1.82, 2.24) is 19.9 Å². The van der Waals surface area contributed by atoms with Gasteiger partial charge in [0.15, 0.2) is 11.9 Å². The number of rotatable bonds is 9. The minimum Gasteiger partial charge on any atom is -0.382 e. The standard InChI is InChI=1S/C34H43N7O3/c1-33(2,44)28-18-40(4)32-25(13-26(29(35)41(28)32)21-8-6-5-7-9-21)16-37-31(43)22-10-11-23-14-34(3,15-24(23)12-22)27-17-36-19-38-30(27)39-20-42/h5-8,10-12,17-21,25-26,29,31,37,43-44H,9,13-16,35H2,1-4H3/p+1. The van der Waals surface area contributed by atoms with Crippen LogP contribution in [0.5, 0.6) is 0 Å². The van der Waals surface area contributed by atoms with Crippen LogP contribution >= 0.6 is 0 Å². The first-order chi connectivity index (χ1) is 21.0. The predicted octanol–water partition coefficient (Wildman–Crippen LogP) is 2.93. The number of carbonyl (C=O) groups excluding carboxylic acids is 1. The van der Waals surface area contributed by atoms with E-state index in [1.807, 2.05) is 19.3 Å². The molecule has 0 spiro atoms.